The van der Waals surface area contributed by atoms with E-state index in [1.807, 2.05) is 0 Å². The number of phenols is 2. The molecule has 0 aliphatic carbocycles. The lowest BCUT2D eigenvalue weighted by molar-refractivity contribution is -0.144. The van der Waals surface area contributed by atoms with Crippen molar-refractivity contribution < 1.29 is 94.5 Å². The van der Waals surface area contributed by atoms with Crippen molar-refractivity contribution in [1.29, 1.82) is 0 Å². The molecule has 0 aliphatic heterocycles. The van der Waals surface area contributed by atoms with Crippen LogP contribution in [0.2, 0.25) is 0 Å². The molecule has 0 amide bonds. The maximum Gasteiger partial charge on any atom is 0.323 e. The first-order valence-corrected chi connectivity index (χ1v) is 17.8. The quantitative estimate of drug-likeness (QED) is 0.0616. The van der Waals surface area contributed by atoms with Crippen LogP contribution in [0.25, 0.3) is 0 Å². The summed E-state index contributed by atoms with van der Waals surface area (Å²) in [5.41, 5.74) is 37.2. The highest BCUT2D eigenvalue weighted by molar-refractivity contribution is 5.81. The summed E-state index contributed by atoms with van der Waals surface area (Å²) < 4.78 is 0. The molecule has 26 nitrogen and oxygen atoms in total. The Morgan fingerprint density at radius 2 is 0.758 bits per heavy atom. The Kier molecular flexibility index (Phi) is 35.3. The van der Waals surface area contributed by atoms with Crippen molar-refractivity contribution in [3.63, 3.8) is 0 Å². The van der Waals surface area contributed by atoms with Gasteiger partial charge in [-0.15, -0.1) is 0 Å². The molecule has 0 aromatic heterocycles. The number of aliphatic hydroxyl groups is 1. The second-order valence-corrected chi connectivity index (χ2v) is 12.5. The molecule has 2 aromatic carbocycles. The van der Waals surface area contributed by atoms with Gasteiger partial charge < -0.3 is 96.3 Å². The molecule has 62 heavy (non-hydrogen) atoms. The number of aliphatic carboxylic acids is 8. The standard InChI is InChI=1S/2C9H11NO3.C6H14N2O2.2C4H7NO4.C4H9NO3/c2*10-8(9(12)13)5-6-1-3-7(11)4-2-6;7-4-2-1-3-5(8)6(9)10;2*5-2(4(8)9)1-3(6)7;1-2(6)3(5)4(7)8/h2*1-4,8,11H,5,10H2,(H,12,13);5H,1-4,7-8H2,(H,9,10);2*2H,1,5H2,(H,6,7)(H,8,9);2-3,6H,5H2,1H3,(H,7,8). The van der Waals surface area contributed by atoms with Crippen molar-refractivity contribution in [2.75, 3.05) is 6.54 Å². The van der Waals surface area contributed by atoms with Crippen LogP contribution in [0.3, 0.4) is 0 Å². The number of carbonyl (C=O) groups is 8. The lowest BCUT2D eigenvalue weighted by Crippen LogP contribution is -2.39. The van der Waals surface area contributed by atoms with E-state index in [0.29, 0.717) is 13.0 Å². The zero-order valence-corrected chi connectivity index (χ0v) is 33.5. The van der Waals surface area contributed by atoms with Crippen molar-refractivity contribution >= 4 is 47.8 Å². The van der Waals surface area contributed by atoms with Crippen molar-refractivity contribution in [1.82, 2.24) is 0 Å². The molecule has 352 valence electrons. The van der Waals surface area contributed by atoms with Gasteiger partial charge >= 0.3 is 47.8 Å². The Morgan fingerprint density at radius 3 is 0.935 bits per heavy atom. The van der Waals surface area contributed by atoms with Crippen LogP contribution < -0.4 is 40.1 Å². The molecule has 0 aliphatic rings. The molecule has 0 bridgehead atoms. The molecule has 26 heteroatoms. The minimum Gasteiger partial charge on any atom is -0.508 e. The van der Waals surface area contributed by atoms with Crippen LogP contribution in [-0.2, 0) is 51.2 Å². The molecule has 0 fully saturated rings. The monoisotopic (exact) mass is 893 g/mol. The summed E-state index contributed by atoms with van der Waals surface area (Å²) >= 11 is 0. The van der Waals surface area contributed by atoms with E-state index in [9.17, 15) is 38.4 Å². The summed E-state index contributed by atoms with van der Waals surface area (Å²) in [6.45, 7) is 1.94. The summed E-state index contributed by atoms with van der Waals surface area (Å²) in [5.74, 6) is -8.83. The number of nitrogens with two attached hydrogens (primary N) is 7. The maximum atomic E-state index is 10.4. The molecular weight excluding hydrogens is 834 g/mol. The van der Waals surface area contributed by atoms with Gasteiger partial charge in [-0.1, -0.05) is 30.7 Å². The smallest absolute Gasteiger partial charge is 0.323 e. The van der Waals surface area contributed by atoms with E-state index in [0.717, 1.165) is 24.0 Å². The third-order valence-electron chi connectivity index (χ3n) is 6.93. The highest BCUT2D eigenvalue weighted by Gasteiger charge is 2.17. The van der Waals surface area contributed by atoms with E-state index >= 15 is 0 Å². The fraction of sp³-hybridized carbons (Fsp3) is 0.444. The first kappa shape index (κ1) is 62.1. The Labute approximate surface area is 354 Å². The van der Waals surface area contributed by atoms with Crippen LogP contribution in [0.4, 0.5) is 0 Å². The lowest BCUT2D eigenvalue weighted by atomic mass is 10.1. The largest absolute Gasteiger partial charge is 0.508 e. The van der Waals surface area contributed by atoms with E-state index in [2.05, 4.69) is 0 Å². The molecular formula is C36H59N7O19. The van der Waals surface area contributed by atoms with Gasteiger partial charge in [0.1, 0.15) is 47.8 Å². The van der Waals surface area contributed by atoms with Gasteiger partial charge in [-0.25, -0.2) is 0 Å². The van der Waals surface area contributed by atoms with E-state index in [1.54, 1.807) is 24.3 Å². The van der Waals surface area contributed by atoms with E-state index in [4.69, 9.17) is 96.3 Å². The Bertz CT molecular complexity index is 1550. The molecule has 0 heterocycles. The molecule has 2 aromatic rings. The van der Waals surface area contributed by atoms with Gasteiger partial charge in [0.15, 0.2) is 0 Å². The molecule has 0 saturated heterocycles. The number of carboxylic acids is 8. The van der Waals surface area contributed by atoms with E-state index < -0.39 is 103 Å². The molecule has 0 spiro atoms. The minimum atomic E-state index is -1.29. The molecule has 7 unspecified atom stereocenters. The predicted octanol–water partition coefficient (Wildman–Crippen LogP) is -3.25. The highest BCUT2D eigenvalue weighted by atomic mass is 16.4. The van der Waals surface area contributed by atoms with Crippen molar-refractivity contribution in [3.05, 3.63) is 59.7 Å². The number of unbranched alkanes of at least 4 members (excludes halogenated alkanes) is 1. The maximum absolute atomic E-state index is 10.4. The van der Waals surface area contributed by atoms with Crippen LogP contribution in [-0.4, -0.2) is 153 Å². The van der Waals surface area contributed by atoms with Crippen LogP contribution in [0, 0.1) is 0 Å². The number of hydrogen-bond donors (Lipinski definition) is 18. The number of phenolic OH excluding ortho intramolecular Hbond substituents is 2. The number of rotatable bonds is 19. The molecule has 0 saturated carbocycles. The number of benzene rings is 2. The zero-order valence-electron chi connectivity index (χ0n) is 33.5. The first-order chi connectivity index (χ1) is 28.5. The molecule has 7 atom stereocenters. The minimum absolute atomic E-state index is 0.160. The van der Waals surface area contributed by atoms with Crippen LogP contribution in [0.15, 0.2) is 48.5 Å². The van der Waals surface area contributed by atoms with Crippen molar-refractivity contribution in [2.45, 2.75) is 94.2 Å². The number of aliphatic hydroxyl groups excluding tert-OH is 1. The van der Waals surface area contributed by atoms with Crippen LogP contribution in [0.5, 0.6) is 11.5 Å². The van der Waals surface area contributed by atoms with Crippen LogP contribution in [0.1, 0.15) is 50.2 Å². The normalized spacial score (nSPS) is 13.2. The Hall–Kier alpha value is -6.52. The SMILES string of the molecule is CC(O)C(N)C(=O)O.NC(CC(=O)O)C(=O)O.NC(CC(=O)O)C(=O)O.NC(Cc1ccc(O)cc1)C(=O)O.NC(Cc1ccc(O)cc1)C(=O)O.NCCCCC(N)C(=O)O. The predicted molar refractivity (Wildman–Crippen MR) is 216 cm³/mol. The fourth-order valence-electron chi connectivity index (χ4n) is 3.34. The Balaban J connectivity index is -0.000000329. The van der Waals surface area contributed by atoms with Crippen molar-refractivity contribution in [3.8, 4) is 11.5 Å². The van der Waals surface area contributed by atoms with Gasteiger partial charge in [-0.2, -0.15) is 0 Å². The highest BCUT2D eigenvalue weighted by Crippen LogP contribution is 2.11. The third-order valence-corrected chi connectivity index (χ3v) is 6.93. The second-order valence-electron chi connectivity index (χ2n) is 12.5. The topological polar surface area (TPSA) is 541 Å². The third kappa shape index (κ3) is 37.7. The van der Waals surface area contributed by atoms with Gasteiger partial charge in [0.25, 0.3) is 0 Å². The lowest BCUT2D eigenvalue weighted by Gasteiger charge is -2.06. The molecule has 0 radical (unpaired) electrons. The number of carboxylic acid groups (broad SMARTS) is 8. The first-order valence-electron chi connectivity index (χ1n) is 17.8. The Morgan fingerprint density at radius 1 is 0.468 bits per heavy atom. The second kappa shape index (κ2) is 35.3. The average Bonchev–Trinajstić information content (AvgIpc) is 3.16. The number of hydrogen-bond acceptors (Lipinski definition) is 18. The van der Waals surface area contributed by atoms with Gasteiger partial charge in [0, 0.05) is 0 Å². The summed E-state index contributed by atoms with van der Waals surface area (Å²) in [6.07, 6.45) is 0.667. The fourth-order valence-corrected chi connectivity index (χ4v) is 3.34. The summed E-state index contributed by atoms with van der Waals surface area (Å²) in [5, 5.41) is 91.9. The van der Waals surface area contributed by atoms with E-state index in [1.165, 1.54) is 31.2 Å². The van der Waals surface area contributed by atoms with Gasteiger partial charge in [0.05, 0.1) is 18.9 Å². The number of aromatic hydroxyl groups is 2. The molecule has 25 N–H and O–H groups in total. The molecule has 2 rings (SSSR count). The average molecular weight is 894 g/mol. The van der Waals surface area contributed by atoms with Gasteiger partial charge in [-0.05, 0) is 74.5 Å². The van der Waals surface area contributed by atoms with Gasteiger partial charge in [0.2, 0.25) is 0 Å². The zero-order chi connectivity index (χ0) is 49.3. The van der Waals surface area contributed by atoms with Gasteiger partial charge in [-0.3, -0.25) is 38.4 Å². The van der Waals surface area contributed by atoms with E-state index in [-0.39, 0.29) is 24.3 Å². The van der Waals surface area contributed by atoms with Crippen molar-refractivity contribution in [2.24, 2.45) is 40.1 Å². The summed E-state index contributed by atoms with van der Waals surface area (Å²) in [4.78, 5) is 80.0. The van der Waals surface area contributed by atoms with Crippen LogP contribution >= 0.6 is 0 Å². The summed E-state index contributed by atoms with van der Waals surface area (Å²) in [7, 11) is 0. The summed E-state index contributed by atoms with van der Waals surface area (Å²) in [6, 6.07) is 6.40.